The van der Waals surface area contributed by atoms with E-state index < -0.39 is 11.4 Å². The fourth-order valence-corrected chi connectivity index (χ4v) is 2.53. The van der Waals surface area contributed by atoms with Crippen molar-refractivity contribution in [2.45, 2.75) is 20.8 Å². The van der Waals surface area contributed by atoms with Gasteiger partial charge in [-0.25, -0.2) is 4.79 Å². The number of esters is 1. The predicted octanol–water partition coefficient (Wildman–Crippen LogP) is 3.97. The van der Waals surface area contributed by atoms with Crippen LogP contribution in [0.4, 0.5) is 0 Å². The van der Waals surface area contributed by atoms with Crippen molar-refractivity contribution >= 4 is 11.5 Å². The Morgan fingerprint density at radius 3 is 2.21 bits per heavy atom. The fraction of sp³-hybridized carbons (Fsp3) is 0.304. The number of nitriles is 1. The lowest BCUT2D eigenvalue weighted by Crippen LogP contribution is -2.26. The summed E-state index contributed by atoms with van der Waals surface area (Å²) in [6, 6.07) is 18.5. The van der Waals surface area contributed by atoms with Crippen LogP contribution < -0.4 is 4.74 Å². The van der Waals surface area contributed by atoms with E-state index in [0.717, 1.165) is 5.56 Å². The standard InChI is InChI=1S/C23H25NO4/c1-4-27-19-12-10-18(11-13-19)21(17-8-6-5-7-9-17)20(14-24)22(26)28-16-23(2,3)15-25/h5-13,25H,4,15-16H2,1-3H3. The average molecular weight is 379 g/mol. The number of hydrogen-bond donors (Lipinski definition) is 1. The topological polar surface area (TPSA) is 79.5 Å². The van der Waals surface area contributed by atoms with Crippen LogP contribution in [0, 0.1) is 16.7 Å². The lowest BCUT2D eigenvalue weighted by atomic mass is 9.93. The summed E-state index contributed by atoms with van der Waals surface area (Å²) in [7, 11) is 0. The van der Waals surface area contributed by atoms with E-state index >= 15 is 0 Å². The van der Waals surface area contributed by atoms with Gasteiger partial charge in [-0.15, -0.1) is 0 Å². The average Bonchev–Trinajstić information content (AvgIpc) is 2.72. The van der Waals surface area contributed by atoms with E-state index in [4.69, 9.17) is 9.47 Å². The molecule has 2 rings (SSSR count). The highest BCUT2D eigenvalue weighted by molar-refractivity contribution is 6.05. The van der Waals surface area contributed by atoms with Crippen LogP contribution in [-0.4, -0.2) is 30.9 Å². The molecule has 2 aromatic rings. The molecule has 0 saturated carbocycles. The van der Waals surface area contributed by atoms with Crippen molar-refractivity contribution in [3.63, 3.8) is 0 Å². The molecule has 0 aliphatic rings. The first kappa shape index (κ1) is 21.2. The molecular weight excluding hydrogens is 354 g/mol. The Hall–Kier alpha value is -3.10. The van der Waals surface area contributed by atoms with E-state index in [2.05, 4.69) is 0 Å². The summed E-state index contributed by atoms with van der Waals surface area (Å²) in [6.07, 6.45) is 0. The lowest BCUT2D eigenvalue weighted by Gasteiger charge is -2.21. The van der Waals surface area contributed by atoms with Gasteiger partial charge in [0.25, 0.3) is 0 Å². The maximum absolute atomic E-state index is 12.7. The molecule has 5 heteroatoms. The Morgan fingerprint density at radius 2 is 1.68 bits per heavy atom. The number of carbonyl (C=O) groups is 1. The molecule has 0 amide bonds. The van der Waals surface area contributed by atoms with E-state index in [0.29, 0.717) is 23.5 Å². The van der Waals surface area contributed by atoms with Crippen LogP contribution in [0.3, 0.4) is 0 Å². The maximum atomic E-state index is 12.7. The van der Waals surface area contributed by atoms with Crippen LogP contribution >= 0.6 is 0 Å². The first-order chi connectivity index (χ1) is 13.4. The minimum absolute atomic E-state index is 0.0128. The van der Waals surface area contributed by atoms with Crippen molar-refractivity contribution in [3.05, 3.63) is 71.3 Å². The third-order valence-corrected chi connectivity index (χ3v) is 4.10. The number of ether oxygens (including phenoxy) is 2. The van der Waals surface area contributed by atoms with E-state index in [1.165, 1.54) is 0 Å². The maximum Gasteiger partial charge on any atom is 0.349 e. The summed E-state index contributed by atoms with van der Waals surface area (Å²) in [5.74, 6) is 0.00111. The van der Waals surface area contributed by atoms with Gasteiger partial charge in [-0.2, -0.15) is 5.26 Å². The predicted molar refractivity (Wildman–Crippen MR) is 108 cm³/mol. The monoisotopic (exact) mass is 379 g/mol. The van der Waals surface area contributed by atoms with Crippen LogP contribution in [0.15, 0.2) is 60.2 Å². The summed E-state index contributed by atoms with van der Waals surface area (Å²) in [6.45, 7) is 5.90. The highest BCUT2D eigenvalue weighted by Gasteiger charge is 2.24. The van der Waals surface area contributed by atoms with Crippen LogP contribution in [0.1, 0.15) is 31.9 Å². The summed E-state index contributed by atoms with van der Waals surface area (Å²) < 4.78 is 10.8. The van der Waals surface area contributed by atoms with Gasteiger partial charge in [-0.1, -0.05) is 56.3 Å². The summed E-state index contributed by atoms with van der Waals surface area (Å²) in [4.78, 5) is 12.7. The molecule has 0 radical (unpaired) electrons. The van der Waals surface area contributed by atoms with Gasteiger partial charge in [-0.3, -0.25) is 0 Å². The number of aliphatic hydroxyl groups is 1. The molecule has 5 nitrogen and oxygen atoms in total. The zero-order valence-corrected chi connectivity index (χ0v) is 16.4. The fourth-order valence-electron chi connectivity index (χ4n) is 2.53. The summed E-state index contributed by atoms with van der Waals surface area (Å²) >= 11 is 0. The molecule has 0 saturated heterocycles. The van der Waals surface area contributed by atoms with Crippen molar-refractivity contribution in [3.8, 4) is 11.8 Å². The third kappa shape index (κ3) is 5.45. The zero-order valence-electron chi connectivity index (χ0n) is 16.4. The van der Waals surface area contributed by atoms with Crippen molar-refractivity contribution in [2.24, 2.45) is 5.41 Å². The molecule has 2 aromatic carbocycles. The molecule has 28 heavy (non-hydrogen) atoms. The van der Waals surface area contributed by atoms with Gasteiger partial charge in [0, 0.05) is 11.0 Å². The van der Waals surface area contributed by atoms with Gasteiger partial charge < -0.3 is 14.6 Å². The molecular formula is C23H25NO4. The van der Waals surface area contributed by atoms with Crippen LogP contribution in [0.2, 0.25) is 0 Å². The second kappa shape index (κ2) is 9.72. The van der Waals surface area contributed by atoms with E-state index in [9.17, 15) is 15.2 Å². The molecule has 1 N–H and O–H groups in total. The number of benzene rings is 2. The second-order valence-electron chi connectivity index (χ2n) is 7.08. The van der Waals surface area contributed by atoms with Crippen molar-refractivity contribution in [2.75, 3.05) is 19.8 Å². The normalized spacial score (nSPS) is 12.0. The van der Waals surface area contributed by atoms with Gasteiger partial charge in [0.05, 0.1) is 19.8 Å². The number of nitrogens with zero attached hydrogens (tertiary/aromatic N) is 1. The Kier molecular flexibility index (Phi) is 7.36. The molecule has 0 atom stereocenters. The molecule has 0 aliphatic heterocycles. The molecule has 146 valence electrons. The van der Waals surface area contributed by atoms with E-state index in [1.807, 2.05) is 55.5 Å². The van der Waals surface area contributed by atoms with Gasteiger partial charge in [0.1, 0.15) is 17.4 Å². The molecule has 0 aliphatic carbocycles. The molecule has 0 spiro atoms. The first-order valence-corrected chi connectivity index (χ1v) is 9.13. The van der Waals surface area contributed by atoms with Gasteiger partial charge >= 0.3 is 5.97 Å². The lowest BCUT2D eigenvalue weighted by molar-refractivity contribution is -0.142. The van der Waals surface area contributed by atoms with Crippen molar-refractivity contribution in [1.29, 1.82) is 5.26 Å². The summed E-state index contributed by atoms with van der Waals surface area (Å²) in [5.41, 5.74) is 1.29. The minimum Gasteiger partial charge on any atom is -0.494 e. The smallest absolute Gasteiger partial charge is 0.349 e. The number of hydrogen-bond acceptors (Lipinski definition) is 5. The Bertz CT molecular complexity index is 862. The highest BCUT2D eigenvalue weighted by atomic mass is 16.5. The zero-order chi connectivity index (χ0) is 20.6. The van der Waals surface area contributed by atoms with E-state index in [-0.39, 0.29) is 18.8 Å². The van der Waals surface area contributed by atoms with Gasteiger partial charge in [0.2, 0.25) is 0 Å². The molecule has 0 unspecified atom stereocenters. The summed E-state index contributed by atoms with van der Waals surface area (Å²) in [5, 5.41) is 19.1. The first-order valence-electron chi connectivity index (χ1n) is 9.13. The second-order valence-corrected chi connectivity index (χ2v) is 7.08. The number of carbonyl (C=O) groups excluding carboxylic acids is 1. The van der Waals surface area contributed by atoms with E-state index in [1.54, 1.807) is 26.0 Å². The molecule has 0 aromatic heterocycles. The van der Waals surface area contributed by atoms with Crippen LogP contribution in [0.5, 0.6) is 5.75 Å². The SMILES string of the molecule is CCOc1ccc(C(=C(C#N)C(=O)OCC(C)(C)CO)c2ccccc2)cc1. The minimum atomic E-state index is -0.711. The van der Waals surface area contributed by atoms with Crippen LogP contribution in [0.25, 0.3) is 5.57 Å². The number of rotatable bonds is 8. The molecule has 0 bridgehead atoms. The van der Waals surface area contributed by atoms with Crippen molar-refractivity contribution < 1.29 is 19.4 Å². The highest BCUT2D eigenvalue weighted by Crippen LogP contribution is 2.29. The Labute approximate surface area is 165 Å². The van der Waals surface area contributed by atoms with Crippen molar-refractivity contribution in [1.82, 2.24) is 0 Å². The quantitative estimate of drug-likeness (QED) is 0.426. The Morgan fingerprint density at radius 1 is 1.07 bits per heavy atom. The van der Waals surface area contributed by atoms with Gasteiger partial charge in [0.15, 0.2) is 0 Å². The van der Waals surface area contributed by atoms with Crippen LogP contribution in [-0.2, 0) is 9.53 Å². The molecule has 0 fully saturated rings. The largest absolute Gasteiger partial charge is 0.494 e. The Balaban J connectivity index is 2.49. The van der Waals surface area contributed by atoms with Gasteiger partial charge in [-0.05, 0) is 30.2 Å². The molecule has 0 heterocycles. The number of aliphatic hydroxyl groups excluding tert-OH is 1. The third-order valence-electron chi connectivity index (χ3n) is 4.10.